The maximum atomic E-state index is 13.3. The first-order valence-electron chi connectivity index (χ1n) is 8.71. The molecule has 0 spiro atoms. The van der Waals surface area contributed by atoms with Crippen LogP contribution in [0.1, 0.15) is 26.3 Å². The fraction of sp³-hybridized carbons (Fsp3) is 0. The van der Waals surface area contributed by atoms with Gasteiger partial charge >= 0.3 is 5.97 Å². The van der Waals surface area contributed by atoms with E-state index in [2.05, 4.69) is 0 Å². The molecule has 0 fully saturated rings. The van der Waals surface area contributed by atoms with E-state index < -0.39 is 16.7 Å². The number of non-ortho nitro benzene ring substituents is 1. The van der Waals surface area contributed by atoms with Crippen LogP contribution in [0.3, 0.4) is 0 Å². The second-order valence-corrected chi connectivity index (χ2v) is 6.35. The predicted molar refractivity (Wildman–Crippen MR) is 104 cm³/mol. The number of allylic oxidation sites excluding steroid dienone is 1. The number of fused-ring (bicyclic) bond motifs is 1. The Morgan fingerprint density at radius 3 is 2.53 bits per heavy atom. The largest absolute Gasteiger partial charge is 0.452 e. The van der Waals surface area contributed by atoms with Crippen molar-refractivity contribution >= 4 is 23.5 Å². The summed E-state index contributed by atoms with van der Waals surface area (Å²) in [5.74, 6) is -1.31. The van der Waals surface area contributed by atoms with Gasteiger partial charge in [0.15, 0.2) is 5.76 Å². The second-order valence-electron chi connectivity index (χ2n) is 6.35. The molecule has 0 atom stereocenters. The molecule has 3 aromatic carbocycles. The molecular formula is C22H12FNO6. The minimum absolute atomic E-state index is 0.0347. The normalized spacial score (nSPS) is 13.6. The Labute approximate surface area is 169 Å². The molecule has 1 aliphatic rings. The number of nitro groups is 1. The number of esters is 1. The van der Waals surface area contributed by atoms with Crippen LogP contribution in [0, 0.1) is 15.9 Å². The standard InChI is InChI=1S/C22H12FNO6/c23-15-3-1-2-14(11-15)22(26)29-17-8-9-18-19(12-17)30-20(21(18)25)10-13-4-6-16(7-5-13)24(27)28/h1-12H/b20-10-. The number of rotatable bonds is 4. The first-order valence-corrected chi connectivity index (χ1v) is 8.71. The lowest BCUT2D eigenvalue weighted by Crippen LogP contribution is -2.08. The van der Waals surface area contributed by atoms with E-state index in [9.17, 15) is 24.1 Å². The quantitative estimate of drug-likeness (QED) is 0.207. The third-order valence-electron chi connectivity index (χ3n) is 4.31. The third-order valence-corrected chi connectivity index (χ3v) is 4.31. The SMILES string of the molecule is O=C(Oc1ccc2c(c1)O/C(=C\c1ccc([N+](=O)[O-])cc1)C2=O)c1cccc(F)c1. The van der Waals surface area contributed by atoms with Crippen molar-refractivity contribution in [2.45, 2.75) is 0 Å². The van der Waals surface area contributed by atoms with Gasteiger partial charge in [0.25, 0.3) is 5.69 Å². The van der Waals surface area contributed by atoms with Crippen molar-refractivity contribution < 1.29 is 28.4 Å². The Kier molecular flexibility index (Phi) is 4.81. The molecule has 0 radical (unpaired) electrons. The van der Waals surface area contributed by atoms with E-state index in [1.54, 1.807) is 0 Å². The van der Waals surface area contributed by atoms with E-state index in [1.165, 1.54) is 66.7 Å². The highest BCUT2D eigenvalue weighted by Gasteiger charge is 2.28. The Balaban J connectivity index is 1.53. The molecule has 3 aromatic rings. The topological polar surface area (TPSA) is 95.7 Å². The van der Waals surface area contributed by atoms with Gasteiger partial charge in [0.1, 0.15) is 17.3 Å². The van der Waals surface area contributed by atoms with Crippen LogP contribution in [0.25, 0.3) is 6.08 Å². The lowest BCUT2D eigenvalue weighted by molar-refractivity contribution is -0.384. The van der Waals surface area contributed by atoms with Gasteiger partial charge in [-0.15, -0.1) is 0 Å². The Hall–Kier alpha value is -4.33. The van der Waals surface area contributed by atoms with Crippen LogP contribution in [-0.4, -0.2) is 16.7 Å². The molecule has 148 valence electrons. The molecule has 30 heavy (non-hydrogen) atoms. The third kappa shape index (κ3) is 3.79. The van der Waals surface area contributed by atoms with Gasteiger partial charge in [0, 0.05) is 18.2 Å². The minimum Gasteiger partial charge on any atom is -0.452 e. The maximum Gasteiger partial charge on any atom is 0.343 e. The second kappa shape index (κ2) is 7.59. The van der Waals surface area contributed by atoms with Gasteiger partial charge in [-0.1, -0.05) is 6.07 Å². The maximum absolute atomic E-state index is 13.3. The molecule has 0 amide bonds. The minimum atomic E-state index is -0.750. The van der Waals surface area contributed by atoms with E-state index in [0.717, 1.165) is 6.07 Å². The number of carbonyl (C=O) groups excluding carboxylic acids is 2. The molecule has 0 saturated heterocycles. The van der Waals surface area contributed by atoms with Crippen molar-refractivity contribution in [1.29, 1.82) is 0 Å². The smallest absolute Gasteiger partial charge is 0.343 e. The van der Waals surface area contributed by atoms with Gasteiger partial charge in [0.2, 0.25) is 5.78 Å². The van der Waals surface area contributed by atoms with Crippen molar-refractivity contribution in [2.24, 2.45) is 0 Å². The summed E-state index contributed by atoms with van der Waals surface area (Å²) in [5.41, 5.74) is 0.818. The van der Waals surface area contributed by atoms with Gasteiger partial charge in [-0.25, -0.2) is 9.18 Å². The molecule has 0 aromatic heterocycles. The zero-order chi connectivity index (χ0) is 21.3. The highest BCUT2D eigenvalue weighted by Crippen LogP contribution is 2.35. The molecular weight excluding hydrogens is 393 g/mol. The van der Waals surface area contributed by atoms with Gasteiger partial charge in [-0.05, 0) is 54.1 Å². The molecule has 0 bridgehead atoms. The predicted octanol–water partition coefficient (Wildman–Crippen LogP) is 4.57. The number of nitrogens with zero attached hydrogens (tertiary/aromatic N) is 1. The van der Waals surface area contributed by atoms with Gasteiger partial charge in [0.05, 0.1) is 16.1 Å². The number of hydrogen-bond donors (Lipinski definition) is 0. The Morgan fingerprint density at radius 1 is 1.07 bits per heavy atom. The summed E-state index contributed by atoms with van der Waals surface area (Å²) in [6.07, 6.45) is 1.46. The summed E-state index contributed by atoms with van der Waals surface area (Å²) in [6, 6.07) is 15.0. The first kappa shape index (κ1) is 19.0. The zero-order valence-corrected chi connectivity index (χ0v) is 15.2. The molecule has 0 unspecified atom stereocenters. The van der Waals surface area contributed by atoms with Crippen molar-refractivity contribution in [3.05, 3.63) is 105 Å². The highest BCUT2D eigenvalue weighted by atomic mass is 19.1. The van der Waals surface area contributed by atoms with E-state index >= 15 is 0 Å². The van der Waals surface area contributed by atoms with Crippen LogP contribution in [-0.2, 0) is 0 Å². The van der Waals surface area contributed by atoms with Crippen LogP contribution in [0.2, 0.25) is 0 Å². The summed E-state index contributed by atoms with van der Waals surface area (Å²) in [7, 11) is 0. The number of Topliss-reactive ketones (excluding diaryl/α,β-unsaturated/α-hetero) is 1. The van der Waals surface area contributed by atoms with Gasteiger partial charge in [-0.2, -0.15) is 0 Å². The zero-order valence-electron chi connectivity index (χ0n) is 15.2. The number of halogens is 1. The van der Waals surface area contributed by atoms with Crippen LogP contribution in [0.15, 0.2) is 72.5 Å². The van der Waals surface area contributed by atoms with E-state index in [1.807, 2.05) is 0 Å². The number of benzene rings is 3. The monoisotopic (exact) mass is 405 g/mol. The van der Waals surface area contributed by atoms with Crippen molar-refractivity contribution in [3.8, 4) is 11.5 Å². The lowest BCUT2D eigenvalue weighted by Gasteiger charge is -2.05. The van der Waals surface area contributed by atoms with Crippen molar-refractivity contribution in [1.82, 2.24) is 0 Å². The summed E-state index contributed by atoms with van der Waals surface area (Å²) in [4.78, 5) is 34.9. The molecule has 1 heterocycles. The van der Waals surface area contributed by atoms with E-state index in [-0.39, 0.29) is 39.9 Å². The van der Waals surface area contributed by atoms with E-state index in [4.69, 9.17) is 9.47 Å². The fourth-order valence-corrected chi connectivity index (χ4v) is 2.86. The summed E-state index contributed by atoms with van der Waals surface area (Å²) in [6.45, 7) is 0. The average molecular weight is 405 g/mol. The highest BCUT2D eigenvalue weighted by molar-refractivity contribution is 6.14. The Morgan fingerprint density at radius 2 is 1.83 bits per heavy atom. The average Bonchev–Trinajstić information content (AvgIpc) is 3.03. The number of nitro benzene ring substituents is 1. The molecule has 4 rings (SSSR count). The lowest BCUT2D eigenvalue weighted by atomic mass is 10.1. The molecule has 0 aliphatic carbocycles. The van der Waals surface area contributed by atoms with Crippen LogP contribution < -0.4 is 9.47 Å². The van der Waals surface area contributed by atoms with Crippen molar-refractivity contribution in [3.63, 3.8) is 0 Å². The fourth-order valence-electron chi connectivity index (χ4n) is 2.86. The first-order chi connectivity index (χ1) is 14.4. The van der Waals surface area contributed by atoms with E-state index in [0.29, 0.717) is 5.56 Å². The van der Waals surface area contributed by atoms with Gasteiger partial charge in [-0.3, -0.25) is 14.9 Å². The molecule has 8 heteroatoms. The number of ketones is 1. The molecule has 0 N–H and O–H groups in total. The van der Waals surface area contributed by atoms with Crippen LogP contribution in [0.5, 0.6) is 11.5 Å². The number of carbonyl (C=O) groups is 2. The molecule has 1 aliphatic heterocycles. The summed E-state index contributed by atoms with van der Waals surface area (Å²) in [5, 5.41) is 10.7. The number of ether oxygens (including phenoxy) is 2. The van der Waals surface area contributed by atoms with Crippen molar-refractivity contribution in [2.75, 3.05) is 0 Å². The summed E-state index contributed by atoms with van der Waals surface area (Å²) >= 11 is 0. The van der Waals surface area contributed by atoms with Gasteiger partial charge < -0.3 is 9.47 Å². The molecule has 0 saturated carbocycles. The van der Waals surface area contributed by atoms with Crippen LogP contribution >= 0.6 is 0 Å². The number of hydrogen-bond acceptors (Lipinski definition) is 6. The summed E-state index contributed by atoms with van der Waals surface area (Å²) < 4.78 is 24.1. The molecule has 7 nitrogen and oxygen atoms in total. The van der Waals surface area contributed by atoms with Crippen LogP contribution in [0.4, 0.5) is 10.1 Å². The Bertz CT molecular complexity index is 1220.